The van der Waals surface area contributed by atoms with E-state index in [1.807, 2.05) is 18.2 Å². The van der Waals surface area contributed by atoms with E-state index < -0.39 is 5.97 Å². The maximum atomic E-state index is 10.7. The maximum Gasteiger partial charge on any atom is 0.303 e. The van der Waals surface area contributed by atoms with E-state index in [2.05, 4.69) is 12.2 Å². The second-order valence-corrected chi connectivity index (χ2v) is 9.03. The van der Waals surface area contributed by atoms with E-state index >= 15 is 0 Å². The zero-order valence-electron chi connectivity index (χ0n) is 19.0. The highest BCUT2D eigenvalue weighted by molar-refractivity contribution is 5.66. The van der Waals surface area contributed by atoms with Gasteiger partial charge in [-0.1, -0.05) is 61.6 Å². The molecule has 0 amide bonds. The van der Waals surface area contributed by atoms with Crippen LogP contribution in [-0.2, 0) is 11.2 Å². The molecule has 0 saturated heterocycles. The molecule has 0 saturated carbocycles. The number of carboxylic acid groups (broad SMARTS) is 1. The van der Waals surface area contributed by atoms with Gasteiger partial charge < -0.3 is 15.9 Å². The molecule has 0 bridgehead atoms. The lowest BCUT2D eigenvalue weighted by atomic mass is 9.90. The van der Waals surface area contributed by atoms with Crippen LogP contribution < -0.4 is 5.73 Å². The highest BCUT2D eigenvalue weighted by Gasteiger charge is 2.14. The molecule has 1 aromatic carbocycles. The standard InChI is InChI=1S/C27H41NO3/c28-19-18-25-13-12-23(21-25)10-5-2-1-4-8-22(9-6-3-7-11-27(30)31)20-24-14-16-26(29)17-15-24/h3,6,14-17,21-23,29H,1-2,4-5,7-13,18-20,28H2,(H,30,31)/t22-,23-/m1/s1. The number of aromatic hydroxyl groups is 1. The second kappa shape index (κ2) is 14.9. The van der Waals surface area contributed by atoms with Crippen LogP contribution in [-0.4, -0.2) is 22.7 Å². The van der Waals surface area contributed by atoms with Crippen molar-refractivity contribution in [2.45, 2.75) is 83.5 Å². The zero-order chi connectivity index (χ0) is 22.3. The van der Waals surface area contributed by atoms with Gasteiger partial charge in [0, 0.05) is 6.42 Å². The van der Waals surface area contributed by atoms with E-state index in [0.29, 0.717) is 18.1 Å². The molecule has 1 aromatic rings. The normalized spacial score (nSPS) is 17.2. The third-order valence-electron chi connectivity index (χ3n) is 6.33. The van der Waals surface area contributed by atoms with Gasteiger partial charge in [-0.3, -0.25) is 4.79 Å². The summed E-state index contributed by atoms with van der Waals surface area (Å²) in [5.74, 6) is 0.900. The summed E-state index contributed by atoms with van der Waals surface area (Å²) in [5, 5.41) is 18.3. The maximum absolute atomic E-state index is 10.7. The van der Waals surface area contributed by atoms with E-state index in [1.165, 1.54) is 56.9 Å². The summed E-state index contributed by atoms with van der Waals surface area (Å²) in [5.41, 5.74) is 8.49. The molecule has 4 nitrogen and oxygen atoms in total. The van der Waals surface area contributed by atoms with Gasteiger partial charge in [0.15, 0.2) is 0 Å². The molecule has 2 atom stereocenters. The third-order valence-corrected chi connectivity index (χ3v) is 6.33. The summed E-state index contributed by atoms with van der Waals surface area (Å²) in [6, 6.07) is 7.52. The van der Waals surface area contributed by atoms with Gasteiger partial charge in [0.1, 0.15) is 5.75 Å². The Labute approximate surface area is 188 Å². The molecule has 2 rings (SSSR count). The summed E-state index contributed by atoms with van der Waals surface area (Å²) in [6.45, 7) is 0.776. The van der Waals surface area contributed by atoms with Crippen LogP contribution in [0, 0.1) is 11.8 Å². The van der Waals surface area contributed by atoms with Gasteiger partial charge in [-0.25, -0.2) is 0 Å². The number of rotatable bonds is 16. The van der Waals surface area contributed by atoms with E-state index in [9.17, 15) is 9.90 Å². The van der Waals surface area contributed by atoms with Gasteiger partial charge in [-0.05, 0) is 87.4 Å². The van der Waals surface area contributed by atoms with Crippen LogP contribution in [0.4, 0.5) is 0 Å². The van der Waals surface area contributed by atoms with Gasteiger partial charge in [0.25, 0.3) is 0 Å². The fraction of sp³-hybridized carbons (Fsp3) is 0.593. The van der Waals surface area contributed by atoms with Crippen molar-refractivity contribution < 1.29 is 15.0 Å². The molecule has 1 aliphatic carbocycles. The second-order valence-electron chi connectivity index (χ2n) is 9.03. The fourth-order valence-electron chi connectivity index (χ4n) is 4.57. The highest BCUT2D eigenvalue weighted by Crippen LogP contribution is 2.30. The van der Waals surface area contributed by atoms with Crippen LogP contribution in [0.25, 0.3) is 0 Å². The number of hydrogen-bond acceptors (Lipinski definition) is 3. The lowest BCUT2D eigenvalue weighted by molar-refractivity contribution is -0.136. The van der Waals surface area contributed by atoms with Gasteiger partial charge >= 0.3 is 5.97 Å². The number of aliphatic carboxylic acids is 1. The lowest BCUT2D eigenvalue weighted by Crippen LogP contribution is -2.04. The minimum absolute atomic E-state index is 0.197. The van der Waals surface area contributed by atoms with Gasteiger partial charge in [-0.15, -0.1) is 0 Å². The molecule has 0 unspecified atom stereocenters. The Morgan fingerprint density at radius 3 is 2.65 bits per heavy atom. The number of phenolic OH excluding ortho intramolecular Hbond substituents is 1. The minimum Gasteiger partial charge on any atom is -0.508 e. The molecule has 0 aliphatic heterocycles. The van der Waals surface area contributed by atoms with Crippen molar-refractivity contribution in [3.63, 3.8) is 0 Å². The Morgan fingerprint density at radius 2 is 1.90 bits per heavy atom. The number of nitrogens with two attached hydrogens (primary N) is 1. The number of carbonyl (C=O) groups is 1. The van der Waals surface area contributed by atoms with Crippen LogP contribution in [0.15, 0.2) is 48.1 Å². The number of hydrogen-bond donors (Lipinski definition) is 3. The van der Waals surface area contributed by atoms with Crippen LogP contribution >= 0.6 is 0 Å². The molecular formula is C27H41NO3. The number of allylic oxidation sites excluding steroid dienone is 3. The third kappa shape index (κ3) is 11.2. The van der Waals surface area contributed by atoms with Crippen molar-refractivity contribution in [3.05, 3.63) is 53.6 Å². The Balaban J connectivity index is 1.68. The average molecular weight is 428 g/mol. The average Bonchev–Trinajstić information content (AvgIpc) is 3.19. The first-order valence-corrected chi connectivity index (χ1v) is 12.1. The van der Waals surface area contributed by atoms with Crippen LogP contribution in [0.5, 0.6) is 5.75 Å². The van der Waals surface area contributed by atoms with Crippen LogP contribution in [0.3, 0.4) is 0 Å². The number of phenols is 1. The first kappa shape index (κ1) is 25.2. The Bertz CT molecular complexity index is 693. The van der Waals surface area contributed by atoms with Gasteiger partial charge in [0.2, 0.25) is 0 Å². The largest absolute Gasteiger partial charge is 0.508 e. The molecular weight excluding hydrogens is 386 g/mol. The fourth-order valence-corrected chi connectivity index (χ4v) is 4.57. The van der Waals surface area contributed by atoms with Crippen molar-refractivity contribution >= 4 is 5.97 Å². The van der Waals surface area contributed by atoms with Crippen molar-refractivity contribution in [3.8, 4) is 5.75 Å². The summed E-state index contributed by atoms with van der Waals surface area (Å²) < 4.78 is 0. The molecule has 31 heavy (non-hydrogen) atoms. The molecule has 4 N–H and O–H groups in total. The van der Waals surface area contributed by atoms with E-state index in [1.54, 1.807) is 17.7 Å². The predicted molar refractivity (Wildman–Crippen MR) is 128 cm³/mol. The minimum atomic E-state index is -0.742. The molecule has 0 aromatic heterocycles. The molecule has 0 radical (unpaired) electrons. The predicted octanol–water partition coefficient (Wildman–Crippen LogP) is 6.39. The van der Waals surface area contributed by atoms with Gasteiger partial charge in [-0.2, -0.15) is 0 Å². The van der Waals surface area contributed by atoms with Crippen molar-refractivity contribution in [1.29, 1.82) is 0 Å². The van der Waals surface area contributed by atoms with Crippen LogP contribution in [0.2, 0.25) is 0 Å². The molecule has 172 valence electrons. The molecule has 4 heteroatoms. The SMILES string of the molecule is NCCC1=C[C@H](CCCCCC[C@H](CC=CCCC(=O)O)Cc2ccc(O)cc2)CC1. The summed E-state index contributed by atoms with van der Waals surface area (Å²) >= 11 is 0. The summed E-state index contributed by atoms with van der Waals surface area (Å²) in [7, 11) is 0. The summed E-state index contributed by atoms with van der Waals surface area (Å²) in [4.78, 5) is 10.7. The highest BCUT2D eigenvalue weighted by atomic mass is 16.4. The number of benzene rings is 1. The number of unbranched alkanes of at least 4 members (excludes halogenated alkanes) is 3. The molecule has 0 fully saturated rings. The van der Waals surface area contributed by atoms with E-state index in [0.717, 1.165) is 31.7 Å². The topological polar surface area (TPSA) is 83.6 Å². The quantitative estimate of drug-likeness (QED) is 0.211. The molecule has 0 spiro atoms. The first-order chi connectivity index (χ1) is 15.1. The number of carboxylic acids is 1. The van der Waals surface area contributed by atoms with E-state index in [-0.39, 0.29) is 6.42 Å². The van der Waals surface area contributed by atoms with Gasteiger partial charge in [0.05, 0.1) is 0 Å². The lowest BCUT2D eigenvalue weighted by Gasteiger charge is -2.16. The molecule has 1 aliphatic rings. The van der Waals surface area contributed by atoms with Crippen molar-refractivity contribution in [1.82, 2.24) is 0 Å². The first-order valence-electron chi connectivity index (χ1n) is 12.1. The zero-order valence-corrected chi connectivity index (χ0v) is 19.0. The summed E-state index contributed by atoms with van der Waals surface area (Å²) in [6.07, 6.45) is 20.7. The Morgan fingerprint density at radius 1 is 1.13 bits per heavy atom. The Kier molecular flexibility index (Phi) is 12.1. The van der Waals surface area contributed by atoms with Crippen molar-refractivity contribution in [2.75, 3.05) is 6.54 Å². The van der Waals surface area contributed by atoms with Crippen LogP contribution in [0.1, 0.15) is 82.6 Å². The molecule has 0 heterocycles. The van der Waals surface area contributed by atoms with Crippen molar-refractivity contribution in [2.24, 2.45) is 17.6 Å². The Hall–Kier alpha value is -2.07. The monoisotopic (exact) mass is 427 g/mol. The van der Waals surface area contributed by atoms with E-state index in [4.69, 9.17) is 10.8 Å². The smallest absolute Gasteiger partial charge is 0.303 e.